The van der Waals surface area contributed by atoms with Gasteiger partial charge in [-0.25, -0.2) is 5.01 Å². The molecule has 136 valence electrons. The van der Waals surface area contributed by atoms with Crippen molar-refractivity contribution >= 4 is 17.5 Å². The number of nitrogens with zero attached hydrogens (tertiary/aromatic N) is 1. The zero-order valence-corrected chi connectivity index (χ0v) is 15.3. The number of rotatable bonds is 9. The van der Waals surface area contributed by atoms with E-state index in [1.54, 1.807) is 0 Å². The average Bonchev–Trinajstić information content (AvgIpc) is 2.61. The lowest BCUT2D eigenvalue weighted by molar-refractivity contribution is -0.137. The fourth-order valence-corrected chi connectivity index (χ4v) is 2.75. The third-order valence-corrected chi connectivity index (χ3v) is 4.30. The normalized spacial score (nSPS) is 14.1. The Morgan fingerprint density at radius 1 is 1.16 bits per heavy atom. The summed E-state index contributed by atoms with van der Waals surface area (Å²) in [5, 5.41) is 4.30. The second-order valence-corrected chi connectivity index (χ2v) is 6.54. The van der Waals surface area contributed by atoms with Crippen molar-refractivity contribution in [3.63, 3.8) is 0 Å². The number of aryl methyl sites for hydroxylation is 1. The van der Waals surface area contributed by atoms with E-state index in [-0.39, 0.29) is 18.4 Å². The van der Waals surface area contributed by atoms with Crippen molar-refractivity contribution in [3.05, 3.63) is 41.5 Å². The summed E-state index contributed by atoms with van der Waals surface area (Å²) in [7, 11) is 0. The minimum Gasteiger partial charge on any atom is -0.354 e. The van der Waals surface area contributed by atoms with E-state index in [4.69, 9.17) is 0 Å². The molecule has 0 radical (unpaired) electrons. The molecule has 1 aliphatic rings. The summed E-state index contributed by atoms with van der Waals surface area (Å²) in [6.45, 7) is 4.93. The van der Waals surface area contributed by atoms with Crippen molar-refractivity contribution in [2.75, 3.05) is 13.1 Å². The van der Waals surface area contributed by atoms with Crippen LogP contribution in [0, 0.1) is 6.92 Å². The van der Waals surface area contributed by atoms with E-state index < -0.39 is 0 Å². The number of nitrogens with one attached hydrogen (secondary N) is 2. The Morgan fingerprint density at radius 3 is 2.60 bits per heavy atom. The van der Waals surface area contributed by atoms with Gasteiger partial charge in [0, 0.05) is 13.0 Å². The molecule has 5 nitrogen and oxygen atoms in total. The zero-order valence-electron chi connectivity index (χ0n) is 15.3. The smallest absolute Gasteiger partial charge is 0.245 e. The second kappa shape index (κ2) is 9.87. The topological polar surface area (TPSA) is 61.4 Å². The molecule has 0 spiro atoms. The van der Waals surface area contributed by atoms with Gasteiger partial charge in [0.25, 0.3) is 0 Å². The van der Waals surface area contributed by atoms with Gasteiger partial charge in [0.15, 0.2) is 0 Å². The molecule has 0 saturated heterocycles. The summed E-state index contributed by atoms with van der Waals surface area (Å²) in [4.78, 5) is 24.1. The lowest BCUT2D eigenvalue weighted by Crippen LogP contribution is -2.49. The van der Waals surface area contributed by atoms with Crippen LogP contribution in [0.2, 0.25) is 0 Å². The summed E-state index contributed by atoms with van der Waals surface area (Å²) in [6, 6.07) is 8.09. The highest BCUT2D eigenvalue weighted by molar-refractivity contribution is 5.88. The van der Waals surface area contributed by atoms with E-state index >= 15 is 0 Å². The highest BCUT2D eigenvalue weighted by Crippen LogP contribution is 2.17. The molecule has 1 aromatic rings. The average molecular weight is 343 g/mol. The molecule has 2 amide bonds. The first kappa shape index (κ1) is 19.0. The van der Waals surface area contributed by atoms with Gasteiger partial charge in [-0.2, -0.15) is 0 Å². The van der Waals surface area contributed by atoms with E-state index in [9.17, 15) is 9.59 Å². The molecule has 1 aromatic carbocycles. The SMILES string of the molecule is CCCCCCCNC(=O)CN1NC(c2ccc(C)cc2)=CCC1=O. The first-order chi connectivity index (χ1) is 12.1. The van der Waals surface area contributed by atoms with Crippen molar-refractivity contribution < 1.29 is 9.59 Å². The molecular formula is C20H29N3O2. The van der Waals surface area contributed by atoms with Crippen molar-refractivity contribution in [1.29, 1.82) is 0 Å². The number of unbranched alkanes of at least 4 members (excludes halogenated alkanes) is 4. The maximum atomic E-state index is 12.1. The summed E-state index contributed by atoms with van der Waals surface area (Å²) in [5.41, 5.74) is 6.14. The van der Waals surface area contributed by atoms with E-state index in [0.717, 1.165) is 24.1 Å². The number of benzene rings is 1. The van der Waals surface area contributed by atoms with Gasteiger partial charge in [0.05, 0.1) is 5.70 Å². The van der Waals surface area contributed by atoms with Crippen LogP contribution in [0.25, 0.3) is 5.70 Å². The predicted octanol–water partition coefficient (Wildman–Crippen LogP) is 3.16. The Balaban J connectivity index is 1.79. The number of carbonyl (C=O) groups is 2. The third-order valence-electron chi connectivity index (χ3n) is 4.30. The fourth-order valence-electron chi connectivity index (χ4n) is 2.75. The van der Waals surface area contributed by atoms with Gasteiger partial charge in [-0.05, 0) is 25.0 Å². The van der Waals surface area contributed by atoms with Crippen LogP contribution in [0.15, 0.2) is 30.3 Å². The summed E-state index contributed by atoms with van der Waals surface area (Å²) in [5.74, 6) is -0.213. The molecule has 0 bridgehead atoms. The zero-order chi connectivity index (χ0) is 18.1. The molecule has 1 aliphatic heterocycles. The fraction of sp³-hybridized carbons (Fsp3) is 0.500. The van der Waals surface area contributed by atoms with E-state index in [1.807, 2.05) is 37.3 Å². The summed E-state index contributed by atoms with van der Waals surface area (Å²) < 4.78 is 0. The maximum absolute atomic E-state index is 12.1. The molecule has 0 fully saturated rings. The molecule has 5 heteroatoms. The van der Waals surface area contributed by atoms with Gasteiger partial charge in [-0.3, -0.25) is 15.0 Å². The van der Waals surface area contributed by atoms with E-state index in [1.165, 1.54) is 29.8 Å². The Hall–Kier alpha value is -2.30. The molecule has 25 heavy (non-hydrogen) atoms. The van der Waals surface area contributed by atoms with Crippen LogP contribution >= 0.6 is 0 Å². The summed E-state index contributed by atoms with van der Waals surface area (Å²) in [6.07, 6.45) is 7.97. The van der Waals surface area contributed by atoms with Gasteiger partial charge in [-0.15, -0.1) is 0 Å². The van der Waals surface area contributed by atoms with Crippen molar-refractivity contribution in [1.82, 2.24) is 15.8 Å². The monoisotopic (exact) mass is 343 g/mol. The molecular weight excluding hydrogens is 314 g/mol. The molecule has 1 heterocycles. The van der Waals surface area contributed by atoms with Crippen LogP contribution in [0.4, 0.5) is 0 Å². The maximum Gasteiger partial charge on any atom is 0.245 e. The van der Waals surface area contributed by atoms with Crippen LogP contribution in [0.3, 0.4) is 0 Å². The van der Waals surface area contributed by atoms with Gasteiger partial charge in [0.1, 0.15) is 6.54 Å². The molecule has 2 N–H and O–H groups in total. The van der Waals surface area contributed by atoms with Gasteiger partial charge in [-0.1, -0.05) is 62.4 Å². The van der Waals surface area contributed by atoms with Crippen LogP contribution < -0.4 is 10.7 Å². The first-order valence-corrected chi connectivity index (χ1v) is 9.21. The minimum atomic E-state index is -0.124. The Kier molecular flexibility index (Phi) is 7.51. The number of hydrogen-bond acceptors (Lipinski definition) is 3. The first-order valence-electron chi connectivity index (χ1n) is 9.21. The van der Waals surface area contributed by atoms with Crippen LogP contribution in [0.1, 0.15) is 56.6 Å². The standard InChI is InChI=1S/C20H29N3O2/c1-3-4-5-6-7-14-21-19(24)15-23-20(25)13-12-18(22-23)17-10-8-16(2)9-11-17/h8-12,22H,3-7,13-15H2,1-2H3,(H,21,24). The third kappa shape index (κ3) is 6.25. The quantitative estimate of drug-likeness (QED) is 0.677. The largest absolute Gasteiger partial charge is 0.354 e. The van der Waals surface area contributed by atoms with Crippen molar-refractivity contribution in [3.8, 4) is 0 Å². The predicted molar refractivity (Wildman–Crippen MR) is 100 cm³/mol. The number of hydrazine groups is 1. The highest BCUT2D eigenvalue weighted by atomic mass is 16.2. The van der Waals surface area contributed by atoms with Crippen molar-refractivity contribution in [2.24, 2.45) is 0 Å². The van der Waals surface area contributed by atoms with Crippen molar-refractivity contribution in [2.45, 2.75) is 52.4 Å². The molecule has 0 aromatic heterocycles. The lowest BCUT2D eigenvalue weighted by atomic mass is 10.1. The van der Waals surface area contributed by atoms with Crippen LogP contribution in [-0.2, 0) is 9.59 Å². The molecule has 0 aliphatic carbocycles. The van der Waals surface area contributed by atoms with Crippen LogP contribution in [0.5, 0.6) is 0 Å². The molecule has 0 saturated carbocycles. The molecule has 2 rings (SSSR count). The molecule has 0 unspecified atom stereocenters. The number of hydrogen-bond donors (Lipinski definition) is 2. The van der Waals surface area contributed by atoms with Crippen LogP contribution in [-0.4, -0.2) is 29.9 Å². The lowest BCUT2D eigenvalue weighted by Gasteiger charge is -2.28. The second-order valence-electron chi connectivity index (χ2n) is 6.54. The van der Waals surface area contributed by atoms with Gasteiger partial charge < -0.3 is 5.32 Å². The van der Waals surface area contributed by atoms with Gasteiger partial charge in [0.2, 0.25) is 11.8 Å². The van der Waals surface area contributed by atoms with Gasteiger partial charge >= 0.3 is 0 Å². The van der Waals surface area contributed by atoms with E-state index in [2.05, 4.69) is 17.7 Å². The summed E-state index contributed by atoms with van der Waals surface area (Å²) >= 11 is 0. The Morgan fingerprint density at radius 2 is 1.88 bits per heavy atom. The Labute approximate surface area is 150 Å². The minimum absolute atomic E-state index is 0.0387. The highest BCUT2D eigenvalue weighted by Gasteiger charge is 2.21. The van der Waals surface area contributed by atoms with E-state index in [0.29, 0.717) is 13.0 Å². The number of carbonyl (C=O) groups excluding carboxylic acids is 2. The number of amides is 2. The Bertz CT molecular complexity index is 608. The molecule has 0 atom stereocenters.